The number of rotatable bonds is 4. The van der Waals surface area contributed by atoms with Crippen LogP contribution < -0.4 is 15.4 Å². The molecular weight excluding hydrogens is 320 g/mol. The molecule has 0 unspecified atom stereocenters. The van der Waals surface area contributed by atoms with Crippen molar-refractivity contribution in [1.82, 2.24) is 29.8 Å². The van der Waals surface area contributed by atoms with Crippen LogP contribution in [-0.2, 0) is 0 Å². The number of likely N-dealkylation sites (N-methyl/N-ethyl adjacent to an activating group) is 1. The molecule has 5 rings (SSSR count). The SMILES string of the molecule is CN(c1ncc[nH]c1=O)C1CN(c2ccc3nnc(C4CC4)n3n2)C1. The topological polar surface area (TPSA) is 95.3 Å². The van der Waals surface area contributed by atoms with Gasteiger partial charge in [-0.3, -0.25) is 4.79 Å². The Bertz CT molecular complexity index is 985. The Labute approximate surface area is 143 Å². The number of nitrogens with zero attached hydrogens (tertiary/aromatic N) is 7. The van der Waals surface area contributed by atoms with Crippen LogP contribution in [0.4, 0.5) is 11.6 Å². The largest absolute Gasteiger partial charge is 0.351 e. The summed E-state index contributed by atoms with van der Waals surface area (Å²) in [5.41, 5.74) is 0.626. The fraction of sp³-hybridized carbons (Fsp3) is 0.438. The third-order valence-electron chi connectivity index (χ3n) is 4.97. The number of anilines is 2. The Kier molecular flexibility index (Phi) is 3.03. The number of aromatic nitrogens is 6. The van der Waals surface area contributed by atoms with E-state index in [0.717, 1.165) is 30.4 Å². The van der Waals surface area contributed by atoms with E-state index in [1.807, 2.05) is 28.6 Å². The van der Waals surface area contributed by atoms with Gasteiger partial charge in [-0.05, 0) is 25.0 Å². The lowest BCUT2D eigenvalue weighted by Gasteiger charge is -2.44. The van der Waals surface area contributed by atoms with Crippen molar-refractivity contribution in [3.8, 4) is 0 Å². The quantitative estimate of drug-likeness (QED) is 0.736. The highest BCUT2D eigenvalue weighted by atomic mass is 16.1. The van der Waals surface area contributed by atoms with Gasteiger partial charge in [0.25, 0.3) is 5.56 Å². The molecule has 0 amide bonds. The Balaban J connectivity index is 1.35. The Morgan fingerprint density at radius 2 is 2.08 bits per heavy atom. The van der Waals surface area contributed by atoms with E-state index in [9.17, 15) is 4.79 Å². The Hall–Kier alpha value is -2.97. The van der Waals surface area contributed by atoms with Gasteiger partial charge in [-0.15, -0.1) is 15.3 Å². The molecule has 2 fully saturated rings. The minimum atomic E-state index is -0.165. The summed E-state index contributed by atoms with van der Waals surface area (Å²) in [5, 5.41) is 13.2. The van der Waals surface area contributed by atoms with Gasteiger partial charge in [0.15, 0.2) is 17.3 Å². The monoisotopic (exact) mass is 338 g/mol. The summed E-state index contributed by atoms with van der Waals surface area (Å²) in [6, 6.07) is 4.17. The maximum Gasteiger partial charge on any atom is 0.290 e. The summed E-state index contributed by atoms with van der Waals surface area (Å²) in [7, 11) is 1.90. The van der Waals surface area contributed by atoms with E-state index < -0.39 is 0 Å². The van der Waals surface area contributed by atoms with E-state index in [0.29, 0.717) is 11.7 Å². The lowest BCUT2D eigenvalue weighted by atomic mass is 10.1. The van der Waals surface area contributed by atoms with Gasteiger partial charge in [-0.2, -0.15) is 4.52 Å². The van der Waals surface area contributed by atoms with Gasteiger partial charge in [-0.25, -0.2) is 4.98 Å². The van der Waals surface area contributed by atoms with E-state index >= 15 is 0 Å². The zero-order valence-electron chi connectivity index (χ0n) is 13.8. The van der Waals surface area contributed by atoms with Gasteiger partial charge in [-0.1, -0.05) is 0 Å². The lowest BCUT2D eigenvalue weighted by Crippen LogP contribution is -2.60. The molecule has 0 bridgehead atoms. The summed E-state index contributed by atoms with van der Waals surface area (Å²) < 4.78 is 1.87. The van der Waals surface area contributed by atoms with Crippen LogP contribution in [0.1, 0.15) is 24.6 Å². The van der Waals surface area contributed by atoms with Crippen LogP contribution in [0.2, 0.25) is 0 Å². The number of hydrogen-bond donors (Lipinski definition) is 1. The standard InChI is InChI=1S/C16H18N8O/c1-22(15-16(25)18-7-6-17-15)11-8-23(9-11)13-5-4-12-19-20-14(10-2-3-10)24(12)21-13/h4-7,10-11H,2-3,8-9H2,1H3,(H,18,25). The number of fused-ring (bicyclic) bond motifs is 1. The number of nitrogens with one attached hydrogen (secondary N) is 1. The average molecular weight is 338 g/mol. The van der Waals surface area contributed by atoms with E-state index in [4.69, 9.17) is 5.10 Å². The minimum absolute atomic E-state index is 0.165. The summed E-state index contributed by atoms with van der Waals surface area (Å²) in [6.45, 7) is 1.60. The molecule has 0 aromatic carbocycles. The molecule has 9 nitrogen and oxygen atoms in total. The molecule has 25 heavy (non-hydrogen) atoms. The highest BCUT2D eigenvalue weighted by molar-refractivity contribution is 5.50. The maximum absolute atomic E-state index is 11.9. The predicted octanol–water partition coefficient (Wildman–Crippen LogP) is 0.410. The molecule has 9 heteroatoms. The molecule has 1 saturated carbocycles. The fourth-order valence-electron chi connectivity index (χ4n) is 3.22. The first-order valence-electron chi connectivity index (χ1n) is 8.44. The molecule has 1 aliphatic heterocycles. The third kappa shape index (κ3) is 2.34. The smallest absolute Gasteiger partial charge is 0.290 e. The zero-order valence-corrected chi connectivity index (χ0v) is 13.8. The van der Waals surface area contributed by atoms with Crippen LogP contribution in [0, 0.1) is 0 Å². The Morgan fingerprint density at radius 3 is 2.84 bits per heavy atom. The van der Waals surface area contributed by atoms with Crippen LogP contribution in [0.25, 0.3) is 5.65 Å². The first-order chi connectivity index (χ1) is 12.2. The first kappa shape index (κ1) is 14.4. The molecule has 0 radical (unpaired) electrons. The van der Waals surface area contributed by atoms with Gasteiger partial charge in [0.05, 0.1) is 6.04 Å². The fourth-order valence-corrected chi connectivity index (χ4v) is 3.22. The molecular formula is C16H18N8O. The molecule has 3 aromatic rings. The predicted molar refractivity (Wildman–Crippen MR) is 92.0 cm³/mol. The second-order valence-electron chi connectivity index (χ2n) is 6.71. The van der Waals surface area contributed by atoms with Crippen molar-refractivity contribution >= 4 is 17.3 Å². The minimum Gasteiger partial charge on any atom is -0.351 e. The summed E-state index contributed by atoms with van der Waals surface area (Å²) in [5.74, 6) is 2.83. The van der Waals surface area contributed by atoms with E-state index in [-0.39, 0.29) is 11.6 Å². The van der Waals surface area contributed by atoms with Crippen molar-refractivity contribution < 1.29 is 0 Å². The molecule has 128 valence electrons. The van der Waals surface area contributed by atoms with Gasteiger partial charge in [0.2, 0.25) is 0 Å². The molecule has 4 heterocycles. The Morgan fingerprint density at radius 1 is 1.24 bits per heavy atom. The molecule has 3 aromatic heterocycles. The van der Waals surface area contributed by atoms with Crippen molar-refractivity contribution in [2.24, 2.45) is 0 Å². The second kappa shape index (κ2) is 5.27. The zero-order chi connectivity index (χ0) is 17.0. The number of H-pyrrole nitrogens is 1. The summed E-state index contributed by atoms with van der Waals surface area (Å²) in [4.78, 5) is 22.8. The normalized spacial score (nSPS) is 17.7. The van der Waals surface area contributed by atoms with Crippen LogP contribution in [0.15, 0.2) is 29.3 Å². The number of aromatic amines is 1. The highest BCUT2D eigenvalue weighted by Crippen LogP contribution is 2.38. The van der Waals surface area contributed by atoms with Gasteiger partial charge >= 0.3 is 0 Å². The van der Waals surface area contributed by atoms with Crippen molar-refractivity contribution in [3.63, 3.8) is 0 Å². The molecule has 1 aliphatic carbocycles. The van der Waals surface area contributed by atoms with E-state index in [1.54, 1.807) is 12.4 Å². The second-order valence-corrected chi connectivity index (χ2v) is 6.71. The lowest BCUT2D eigenvalue weighted by molar-refractivity contribution is 0.485. The maximum atomic E-state index is 11.9. The van der Waals surface area contributed by atoms with Crippen LogP contribution >= 0.6 is 0 Å². The van der Waals surface area contributed by atoms with Crippen molar-refractivity contribution in [1.29, 1.82) is 0 Å². The van der Waals surface area contributed by atoms with Crippen LogP contribution in [0.5, 0.6) is 0 Å². The van der Waals surface area contributed by atoms with Crippen molar-refractivity contribution in [3.05, 3.63) is 40.7 Å². The first-order valence-corrected chi connectivity index (χ1v) is 8.44. The number of hydrogen-bond acceptors (Lipinski definition) is 7. The average Bonchev–Trinajstić information content (AvgIpc) is 3.33. The van der Waals surface area contributed by atoms with Gasteiger partial charge in [0, 0.05) is 38.4 Å². The molecule has 1 N–H and O–H groups in total. The molecule has 0 spiro atoms. The highest BCUT2D eigenvalue weighted by Gasteiger charge is 2.34. The third-order valence-corrected chi connectivity index (χ3v) is 4.97. The van der Waals surface area contributed by atoms with Crippen LogP contribution in [-0.4, -0.2) is 56.0 Å². The summed E-state index contributed by atoms with van der Waals surface area (Å²) >= 11 is 0. The molecule has 2 aliphatic rings. The van der Waals surface area contributed by atoms with Crippen molar-refractivity contribution in [2.45, 2.75) is 24.8 Å². The molecule has 0 atom stereocenters. The van der Waals surface area contributed by atoms with Crippen molar-refractivity contribution in [2.75, 3.05) is 29.9 Å². The van der Waals surface area contributed by atoms with E-state index in [2.05, 4.69) is 25.1 Å². The summed E-state index contributed by atoms with van der Waals surface area (Å²) in [6.07, 6.45) is 5.48. The van der Waals surface area contributed by atoms with Gasteiger partial charge in [0.1, 0.15) is 5.82 Å². The van der Waals surface area contributed by atoms with Crippen LogP contribution in [0.3, 0.4) is 0 Å². The molecule has 1 saturated heterocycles. The van der Waals surface area contributed by atoms with Gasteiger partial charge < -0.3 is 14.8 Å². The van der Waals surface area contributed by atoms with E-state index in [1.165, 1.54) is 12.8 Å².